The predicted octanol–water partition coefficient (Wildman–Crippen LogP) is 3.65. The first-order valence-corrected chi connectivity index (χ1v) is 5.43. The van der Waals surface area contributed by atoms with Crippen molar-refractivity contribution in [3.63, 3.8) is 0 Å². The number of benzene rings is 1. The van der Waals surface area contributed by atoms with Crippen molar-refractivity contribution in [1.82, 2.24) is 0 Å². The molecule has 0 bridgehead atoms. The molecule has 1 rings (SSSR count). The van der Waals surface area contributed by atoms with E-state index in [9.17, 15) is 0 Å². The molecule has 0 saturated heterocycles. The van der Waals surface area contributed by atoms with Crippen molar-refractivity contribution in [3.8, 4) is 11.5 Å². The van der Waals surface area contributed by atoms with E-state index in [-0.39, 0.29) is 5.60 Å². The van der Waals surface area contributed by atoms with Gasteiger partial charge in [-0.25, -0.2) is 0 Å². The lowest BCUT2D eigenvalue weighted by Crippen LogP contribution is -2.22. The maximum atomic E-state index is 5.74. The summed E-state index contributed by atoms with van der Waals surface area (Å²) in [5.41, 5.74) is -0.163. The van der Waals surface area contributed by atoms with Crippen LogP contribution in [0.15, 0.2) is 24.3 Å². The molecule has 0 aliphatic carbocycles. The monoisotopic (exact) mass is 208 g/mol. The Balaban J connectivity index is 2.66. The first kappa shape index (κ1) is 11.9. The Morgan fingerprint density at radius 3 is 2.40 bits per heavy atom. The van der Waals surface area contributed by atoms with E-state index in [0.717, 1.165) is 24.5 Å². The van der Waals surface area contributed by atoms with E-state index in [0.29, 0.717) is 0 Å². The van der Waals surface area contributed by atoms with E-state index < -0.39 is 0 Å². The Hall–Kier alpha value is -1.18. The minimum Gasteiger partial charge on any atom is -0.493 e. The maximum Gasteiger partial charge on any atom is 0.123 e. The van der Waals surface area contributed by atoms with E-state index >= 15 is 0 Å². The number of rotatable bonds is 4. The van der Waals surface area contributed by atoms with Crippen LogP contribution >= 0.6 is 0 Å². The largest absolute Gasteiger partial charge is 0.493 e. The van der Waals surface area contributed by atoms with E-state index in [1.165, 1.54) is 0 Å². The van der Waals surface area contributed by atoms with Crippen LogP contribution in [-0.4, -0.2) is 12.2 Å². The maximum absolute atomic E-state index is 5.74. The van der Waals surface area contributed by atoms with Gasteiger partial charge in [0.25, 0.3) is 0 Å². The van der Waals surface area contributed by atoms with Crippen LogP contribution in [0.25, 0.3) is 0 Å². The smallest absolute Gasteiger partial charge is 0.123 e. The van der Waals surface area contributed by atoms with Crippen LogP contribution in [0.1, 0.15) is 34.1 Å². The van der Waals surface area contributed by atoms with E-state index in [2.05, 4.69) is 6.92 Å². The highest BCUT2D eigenvalue weighted by molar-refractivity contribution is 5.33. The lowest BCUT2D eigenvalue weighted by atomic mass is 10.2. The molecule has 2 nitrogen and oxygen atoms in total. The summed E-state index contributed by atoms with van der Waals surface area (Å²) in [6.07, 6.45) is 1.02. The van der Waals surface area contributed by atoms with Gasteiger partial charge in [-0.15, -0.1) is 0 Å². The zero-order chi connectivity index (χ0) is 11.3. The van der Waals surface area contributed by atoms with Crippen molar-refractivity contribution in [3.05, 3.63) is 24.3 Å². The van der Waals surface area contributed by atoms with Gasteiger partial charge >= 0.3 is 0 Å². The first-order valence-electron chi connectivity index (χ1n) is 5.43. The van der Waals surface area contributed by atoms with Crippen molar-refractivity contribution < 1.29 is 9.47 Å². The molecule has 0 fully saturated rings. The second-order valence-corrected chi connectivity index (χ2v) is 4.54. The summed E-state index contributed by atoms with van der Waals surface area (Å²) in [6.45, 7) is 8.94. The quantitative estimate of drug-likeness (QED) is 0.752. The molecule has 1 aromatic rings. The van der Waals surface area contributed by atoms with Crippen LogP contribution in [0.3, 0.4) is 0 Å². The fourth-order valence-corrected chi connectivity index (χ4v) is 1.20. The Morgan fingerprint density at radius 1 is 1.13 bits per heavy atom. The minimum atomic E-state index is -0.163. The van der Waals surface area contributed by atoms with Crippen molar-refractivity contribution >= 4 is 0 Å². The van der Waals surface area contributed by atoms with Crippen molar-refractivity contribution in [2.45, 2.75) is 39.7 Å². The summed E-state index contributed by atoms with van der Waals surface area (Å²) < 4.78 is 11.3. The minimum absolute atomic E-state index is 0.163. The predicted molar refractivity (Wildman–Crippen MR) is 62.6 cm³/mol. The summed E-state index contributed by atoms with van der Waals surface area (Å²) in [7, 11) is 0. The average Bonchev–Trinajstić information content (AvgIpc) is 2.12. The molecule has 0 radical (unpaired) electrons. The third-order valence-corrected chi connectivity index (χ3v) is 1.70. The highest BCUT2D eigenvalue weighted by atomic mass is 16.5. The van der Waals surface area contributed by atoms with Crippen LogP contribution in [0.2, 0.25) is 0 Å². The third-order valence-electron chi connectivity index (χ3n) is 1.70. The Morgan fingerprint density at radius 2 is 1.80 bits per heavy atom. The number of hydrogen-bond acceptors (Lipinski definition) is 2. The molecule has 1 aromatic carbocycles. The zero-order valence-electron chi connectivity index (χ0n) is 10.0. The van der Waals surface area contributed by atoms with Crippen molar-refractivity contribution in [2.75, 3.05) is 6.61 Å². The van der Waals surface area contributed by atoms with Gasteiger partial charge in [0.1, 0.15) is 17.1 Å². The lowest BCUT2D eigenvalue weighted by molar-refractivity contribution is 0.130. The molecule has 15 heavy (non-hydrogen) atoms. The van der Waals surface area contributed by atoms with Gasteiger partial charge in [-0.3, -0.25) is 0 Å². The SMILES string of the molecule is CCCOc1cccc(OC(C)(C)C)c1. The normalized spacial score (nSPS) is 11.2. The van der Waals surface area contributed by atoms with E-state index in [1.54, 1.807) is 0 Å². The second-order valence-electron chi connectivity index (χ2n) is 4.54. The third kappa shape index (κ3) is 4.73. The fourth-order valence-electron chi connectivity index (χ4n) is 1.20. The Labute approximate surface area is 92.2 Å². The molecule has 2 heteroatoms. The summed E-state index contributed by atoms with van der Waals surface area (Å²) >= 11 is 0. The zero-order valence-corrected chi connectivity index (χ0v) is 10.0. The fraction of sp³-hybridized carbons (Fsp3) is 0.538. The Bertz CT molecular complexity index is 300. The van der Waals surface area contributed by atoms with E-state index in [4.69, 9.17) is 9.47 Å². The highest BCUT2D eigenvalue weighted by Crippen LogP contribution is 2.23. The molecule has 0 spiro atoms. The van der Waals surface area contributed by atoms with Gasteiger partial charge in [0.2, 0.25) is 0 Å². The van der Waals surface area contributed by atoms with Crippen LogP contribution in [0.4, 0.5) is 0 Å². The molecule has 84 valence electrons. The van der Waals surface area contributed by atoms with Gasteiger partial charge in [0.15, 0.2) is 0 Å². The number of ether oxygens (including phenoxy) is 2. The highest BCUT2D eigenvalue weighted by Gasteiger charge is 2.11. The standard InChI is InChI=1S/C13H20O2/c1-5-9-14-11-7-6-8-12(10-11)15-13(2,3)4/h6-8,10H,5,9H2,1-4H3. The molecule has 0 atom stereocenters. The van der Waals surface area contributed by atoms with Gasteiger partial charge < -0.3 is 9.47 Å². The molecule has 0 amide bonds. The van der Waals surface area contributed by atoms with Crippen LogP contribution in [0.5, 0.6) is 11.5 Å². The van der Waals surface area contributed by atoms with Gasteiger partial charge in [-0.2, -0.15) is 0 Å². The molecule has 0 aromatic heterocycles. The average molecular weight is 208 g/mol. The molecule has 0 heterocycles. The van der Waals surface area contributed by atoms with Crippen LogP contribution < -0.4 is 9.47 Å². The van der Waals surface area contributed by atoms with Crippen LogP contribution in [0, 0.1) is 0 Å². The molecular formula is C13H20O2. The summed E-state index contributed by atoms with van der Waals surface area (Å²) in [5, 5.41) is 0. The number of hydrogen-bond donors (Lipinski definition) is 0. The van der Waals surface area contributed by atoms with Crippen molar-refractivity contribution in [2.24, 2.45) is 0 Å². The molecule has 0 aliphatic heterocycles. The van der Waals surface area contributed by atoms with E-state index in [1.807, 2.05) is 45.0 Å². The molecule has 0 aliphatic rings. The molecular weight excluding hydrogens is 188 g/mol. The van der Waals surface area contributed by atoms with Gasteiger partial charge in [-0.1, -0.05) is 13.0 Å². The topological polar surface area (TPSA) is 18.5 Å². The van der Waals surface area contributed by atoms with Gasteiger partial charge in [0.05, 0.1) is 6.61 Å². The van der Waals surface area contributed by atoms with Gasteiger partial charge in [0, 0.05) is 6.07 Å². The summed E-state index contributed by atoms with van der Waals surface area (Å²) in [5.74, 6) is 1.73. The summed E-state index contributed by atoms with van der Waals surface area (Å²) in [6, 6.07) is 7.78. The first-order chi connectivity index (χ1) is 7.01. The Kier molecular flexibility index (Phi) is 4.01. The lowest BCUT2D eigenvalue weighted by Gasteiger charge is -2.21. The second kappa shape index (κ2) is 5.06. The van der Waals surface area contributed by atoms with Crippen LogP contribution in [-0.2, 0) is 0 Å². The summed E-state index contributed by atoms with van der Waals surface area (Å²) in [4.78, 5) is 0. The molecule has 0 unspecified atom stereocenters. The molecule has 0 saturated carbocycles. The van der Waals surface area contributed by atoms with Gasteiger partial charge in [-0.05, 0) is 39.3 Å². The van der Waals surface area contributed by atoms with Crippen molar-refractivity contribution in [1.29, 1.82) is 0 Å². The molecule has 0 N–H and O–H groups in total.